The number of aromatic nitrogens is 1. The summed E-state index contributed by atoms with van der Waals surface area (Å²) in [7, 11) is 0. The molecule has 3 heteroatoms. The number of carbonyl (C=O) groups is 1. The fourth-order valence-electron chi connectivity index (χ4n) is 3.29. The summed E-state index contributed by atoms with van der Waals surface area (Å²) in [5.41, 5.74) is 1.30. The highest BCUT2D eigenvalue weighted by atomic mass is 16.4. The van der Waals surface area contributed by atoms with E-state index in [4.69, 9.17) is 0 Å². The van der Waals surface area contributed by atoms with Crippen molar-refractivity contribution in [2.24, 2.45) is 0 Å². The maximum atomic E-state index is 11.9. The zero-order valence-corrected chi connectivity index (χ0v) is 11.5. The maximum Gasteiger partial charge on any atom is 0.329 e. The van der Waals surface area contributed by atoms with E-state index in [0.717, 1.165) is 43.4 Å². The van der Waals surface area contributed by atoms with Gasteiger partial charge in [-0.2, -0.15) is 0 Å². The molecule has 1 saturated carbocycles. The molecule has 0 aliphatic heterocycles. The lowest BCUT2D eigenvalue weighted by atomic mass is 9.81. The third kappa shape index (κ3) is 2.03. The highest BCUT2D eigenvalue weighted by Crippen LogP contribution is 2.38. The molecule has 20 heavy (non-hydrogen) atoms. The van der Waals surface area contributed by atoms with Crippen molar-refractivity contribution in [1.29, 1.82) is 0 Å². The normalized spacial score (nSPS) is 17.8. The van der Waals surface area contributed by atoms with E-state index in [-0.39, 0.29) is 0 Å². The third-order valence-electron chi connectivity index (χ3n) is 4.36. The monoisotopic (exact) mass is 269 g/mol. The summed E-state index contributed by atoms with van der Waals surface area (Å²) in [6.07, 6.45) is 6.46. The molecular formula is C17H19NO2. The van der Waals surface area contributed by atoms with Crippen molar-refractivity contribution in [2.45, 2.75) is 37.6 Å². The van der Waals surface area contributed by atoms with Crippen LogP contribution in [0.1, 0.15) is 32.1 Å². The molecule has 0 saturated heterocycles. The lowest BCUT2D eigenvalue weighted by Crippen LogP contribution is -2.43. The summed E-state index contributed by atoms with van der Waals surface area (Å²) >= 11 is 0. The van der Waals surface area contributed by atoms with Crippen LogP contribution in [0.15, 0.2) is 48.7 Å². The van der Waals surface area contributed by atoms with Crippen molar-refractivity contribution in [3.05, 3.63) is 48.7 Å². The molecule has 1 aromatic carbocycles. The smallest absolute Gasteiger partial charge is 0.329 e. The Labute approximate surface area is 118 Å². The Morgan fingerprint density at radius 3 is 2.35 bits per heavy atom. The van der Waals surface area contributed by atoms with Gasteiger partial charge in [-0.15, -0.1) is 0 Å². The van der Waals surface area contributed by atoms with Crippen molar-refractivity contribution in [3.63, 3.8) is 0 Å². The minimum Gasteiger partial charge on any atom is -0.479 e. The molecular weight excluding hydrogens is 250 g/mol. The van der Waals surface area contributed by atoms with Crippen LogP contribution in [-0.2, 0) is 10.3 Å². The van der Waals surface area contributed by atoms with Gasteiger partial charge in [0, 0.05) is 11.9 Å². The topological polar surface area (TPSA) is 42.2 Å². The Balaban J connectivity index is 2.10. The third-order valence-corrected chi connectivity index (χ3v) is 4.36. The molecule has 3 rings (SSSR count). The predicted octanol–water partition coefficient (Wildman–Crippen LogP) is 3.90. The molecule has 2 aromatic rings. The summed E-state index contributed by atoms with van der Waals surface area (Å²) < 4.78 is 1.98. The molecule has 0 atom stereocenters. The second-order valence-corrected chi connectivity index (χ2v) is 5.53. The van der Waals surface area contributed by atoms with Crippen molar-refractivity contribution in [2.75, 3.05) is 0 Å². The molecule has 1 fully saturated rings. The van der Waals surface area contributed by atoms with Crippen LogP contribution in [0.25, 0.3) is 11.3 Å². The van der Waals surface area contributed by atoms with Crippen LogP contribution in [-0.4, -0.2) is 15.6 Å². The van der Waals surface area contributed by atoms with Crippen LogP contribution in [0.2, 0.25) is 0 Å². The van der Waals surface area contributed by atoms with E-state index in [1.807, 2.05) is 53.2 Å². The average Bonchev–Trinajstić information content (AvgIpc) is 2.98. The number of rotatable bonds is 3. The molecule has 0 amide bonds. The molecule has 3 nitrogen and oxygen atoms in total. The largest absolute Gasteiger partial charge is 0.479 e. The van der Waals surface area contributed by atoms with Crippen molar-refractivity contribution >= 4 is 5.97 Å². The average molecular weight is 269 g/mol. The molecule has 0 radical (unpaired) electrons. The lowest BCUT2D eigenvalue weighted by molar-refractivity contribution is -0.149. The number of benzene rings is 1. The van der Waals surface area contributed by atoms with Crippen LogP contribution in [0.4, 0.5) is 0 Å². The fraction of sp³-hybridized carbons (Fsp3) is 0.353. The van der Waals surface area contributed by atoms with Gasteiger partial charge in [0.15, 0.2) is 0 Å². The number of carboxylic acid groups (broad SMARTS) is 1. The highest BCUT2D eigenvalue weighted by Gasteiger charge is 2.42. The second kappa shape index (κ2) is 5.16. The van der Waals surface area contributed by atoms with E-state index in [1.165, 1.54) is 0 Å². The minimum atomic E-state index is -0.771. The van der Waals surface area contributed by atoms with Crippen molar-refractivity contribution < 1.29 is 9.90 Å². The highest BCUT2D eigenvalue weighted by molar-refractivity contribution is 5.78. The van der Waals surface area contributed by atoms with E-state index in [9.17, 15) is 9.90 Å². The molecule has 0 bridgehead atoms. The summed E-state index contributed by atoms with van der Waals surface area (Å²) in [5, 5.41) is 9.81. The Bertz CT molecular complexity index is 594. The maximum absolute atomic E-state index is 11.9. The van der Waals surface area contributed by atoms with Gasteiger partial charge < -0.3 is 9.67 Å². The first kappa shape index (κ1) is 13.0. The molecule has 0 unspecified atom stereocenters. The fourth-order valence-corrected chi connectivity index (χ4v) is 3.29. The molecule has 1 N–H and O–H groups in total. The SMILES string of the molecule is O=C(O)C1(n2cccc2-c2ccccc2)CCCCC1. The molecule has 1 aromatic heterocycles. The summed E-state index contributed by atoms with van der Waals surface area (Å²) in [6, 6.07) is 14.0. The van der Waals surface area contributed by atoms with Crippen molar-refractivity contribution in [3.8, 4) is 11.3 Å². The van der Waals surface area contributed by atoms with Gasteiger partial charge in [0.2, 0.25) is 0 Å². The van der Waals surface area contributed by atoms with Gasteiger partial charge in [-0.3, -0.25) is 0 Å². The summed E-state index contributed by atoms with van der Waals surface area (Å²) in [4.78, 5) is 11.9. The molecule has 1 aliphatic carbocycles. The molecule has 104 valence electrons. The Kier molecular flexibility index (Phi) is 3.35. The van der Waals surface area contributed by atoms with Gasteiger partial charge in [0.1, 0.15) is 5.54 Å². The first-order chi connectivity index (χ1) is 9.74. The summed E-state index contributed by atoms with van der Waals surface area (Å²) in [5.74, 6) is -0.703. The summed E-state index contributed by atoms with van der Waals surface area (Å²) in [6.45, 7) is 0. The number of hydrogen-bond acceptors (Lipinski definition) is 1. The van der Waals surface area contributed by atoms with Gasteiger partial charge in [0.05, 0.1) is 0 Å². The van der Waals surface area contributed by atoms with Crippen LogP contribution in [0, 0.1) is 0 Å². The van der Waals surface area contributed by atoms with Crippen molar-refractivity contribution in [1.82, 2.24) is 4.57 Å². The van der Waals surface area contributed by atoms with E-state index in [2.05, 4.69) is 0 Å². The number of hydrogen-bond donors (Lipinski definition) is 1. The van der Waals surface area contributed by atoms with Crippen LogP contribution < -0.4 is 0 Å². The Morgan fingerprint density at radius 1 is 1.00 bits per heavy atom. The lowest BCUT2D eigenvalue weighted by Gasteiger charge is -2.36. The van der Waals surface area contributed by atoms with Gasteiger partial charge in [-0.25, -0.2) is 4.79 Å². The van der Waals surface area contributed by atoms with Gasteiger partial charge in [-0.05, 0) is 30.5 Å². The zero-order valence-electron chi connectivity index (χ0n) is 11.5. The van der Waals surface area contributed by atoms with Crippen LogP contribution in [0.5, 0.6) is 0 Å². The Morgan fingerprint density at radius 2 is 1.70 bits per heavy atom. The second-order valence-electron chi connectivity index (χ2n) is 5.53. The van der Waals surface area contributed by atoms with E-state index < -0.39 is 11.5 Å². The number of nitrogens with zero attached hydrogens (tertiary/aromatic N) is 1. The zero-order chi connectivity index (χ0) is 14.0. The first-order valence-corrected chi connectivity index (χ1v) is 7.21. The predicted molar refractivity (Wildman–Crippen MR) is 78.6 cm³/mol. The van der Waals surface area contributed by atoms with Gasteiger partial charge >= 0.3 is 5.97 Å². The van der Waals surface area contributed by atoms with Gasteiger partial charge in [0.25, 0.3) is 0 Å². The van der Waals surface area contributed by atoms with E-state index >= 15 is 0 Å². The van der Waals surface area contributed by atoms with Crippen LogP contribution in [0.3, 0.4) is 0 Å². The molecule has 1 aliphatic rings. The van der Waals surface area contributed by atoms with Gasteiger partial charge in [-0.1, -0.05) is 49.6 Å². The quantitative estimate of drug-likeness (QED) is 0.918. The van der Waals surface area contributed by atoms with E-state index in [0.29, 0.717) is 0 Å². The number of carboxylic acids is 1. The molecule has 0 spiro atoms. The Hall–Kier alpha value is -2.03. The first-order valence-electron chi connectivity index (χ1n) is 7.21. The number of aliphatic carboxylic acids is 1. The standard InChI is InChI=1S/C17H19NO2/c19-16(20)17(11-5-2-6-12-17)18-13-7-10-15(18)14-8-3-1-4-9-14/h1,3-4,7-10,13H,2,5-6,11-12H2,(H,19,20). The van der Waals surface area contributed by atoms with E-state index in [1.54, 1.807) is 0 Å². The minimum absolute atomic E-state index is 0.703. The van der Waals surface area contributed by atoms with Crippen LogP contribution >= 0.6 is 0 Å². The molecule has 1 heterocycles.